The quantitative estimate of drug-likeness (QED) is 0.746. The largest absolute Gasteiger partial charge is 0.399 e. The molecule has 1 amide bonds. The van der Waals surface area contributed by atoms with Gasteiger partial charge in [0, 0.05) is 24.3 Å². The third kappa shape index (κ3) is 2.80. The molecule has 5 nitrogen and oxygen atoms in total. The number of amides is 1. The first kappa shape index (κ1) is 14.5. The van der Waals surface area contributed by atoms with E-state index in [2.05, 4.69) is 10.2 Å². The minimum atomic E-state index is -0.509. The van der Waals surface area contributed by atoms with E-state index in [1.165, 1.54) is 25.8 Å². The van der Waals surface area contributed by atoms with Gasteiger partial charge in [0.1, 0.15) is 0 Å². The Hall–Kier alpha value is -1.46. The molecule has 2 heterocycles. The Labute approximate surface area is 129 Å². The van der Waals surface area contributed by atoms with Crippen LogP contribution < -0.4 is 16.8 Å². The molecule has 0 spiro atoms. The van der Waals surface area contributed by atoms with Crippen molar-refractivity contribution in [2.45, 2.75) is 37.8 Å². The van der Waals surface area contributed by atoms with Crippen molar-refractivity contribution >= 4 is 28.9 Å². The molecular weight excluding hydrogens is 288 g/mol. The number of fused-ring (bicyclic) bond motifs is 1. The number of carbonyl (C=O) groups is 1. The van der Waals surface area contributed by atoms with Crippen LogP contribution in [0.2, 0.25) is 5.02 Å². The third-order valence-corrected chi connectivity index (χ3v) is 4.86. The molecule has 1 aromatic rings. The molecule has 0 radical (unpaired) electrons. The Kier molecular flexibility index (Phi) is 3.95. The van der Waals surface area contributed by atoms with E-state index >= 15 is 0 Å². The minimum absolute atomic E-state index is 0.310. The van der Waals surface area contributed by atoms with E-state index in [1.807, 2.05) is 0 Å². The number of piperidine rings is 1. The van der Waals surface area contributed by atoms with Crippen LogP contribution in [0.4, 0.5) is 11.4 Å². The van der Waals surface area contributed by atoms with Crippen LogP contribution in [0.15, 0.2) is 12.1 Å². The molecular formula is C15H21ClN4O. The van der Waals surface area contributed by atoms with Gasteiger partial charge in [-0.1, -0.05) is 18.0 Å². The maximum atomic E-state index is 11.6. The topological polar surface area (TPSA) is 84.4 Å². The molecule has 0 aliphatic carbocycles. The molecule has 0 aromatic heterocycles. The summed E-state index contributed by atoms with van der Waals surface area (Å²) in [7, 11) is 0. The Morgan fingerprint density at radius 1 is 1.29 bits per heavy atom. The van der Waals surface area contributed by atoms with Crippen molar-refractivity contribution in [3.05, 3.63) is 22.7 Å². The molecule has 6 heteroatoms. The standard InChI is InChI=1S/C15H21ClN4O/c16-11-8-9(17)7-10(15(18)21)14(11)19-12-4-6-20-5-2-1-3-13(12)20/h7-8,12-13,19H,1-6,17H2,(H2,18,21). The summed E-state index contributed by atoms with van der Waals surface area (Å²) in [5.74, 6) is -0.509. The van der Waals surface area contributed by atoms with E-state index in [4.69, 9.17) is 23.1 Å². The fraction of sp³-hybridized carbons (Fsp3) is 0.533. The van der Waals surface area contributed by atoms with Gasteiger partial charge in [0.05, 0.1) is 16.3 Å². The lowest BCUT2D eigenvalue weighted by atomic mass is 9.98. The molecule has 2 atom stereocenters. The van der Waals surface area contributed by atoms with Gasteiger partial charge in [-0.3, -0.25) is 9.69 Å². The number of primary amides is 1. The van der Waals surface area contributed by atoms with Crippen LogP contribution in [0, 0.1) is 0 Å². The summed E-state index contributed by atoms with van der Waals surface area (Å²) in [5, 5.41) is 3.91. The van der Waals surface area contributed by atoms with E-state index < -0.39 is 5.91 Å². The van der Waals surface area contributed by atoms with Crippen molar-refractivity contribution in [3.63, 3.8) is 0 Å². The first-order chi connectivity index (χ1) is 10.1. The number of hydrogen-bond acceptors (Lipinski definition) is 4. The molecule has 2 fully saturated rings. The van der Waals surface area contributed by atoms with Gasteiger partial charge in [-0.25, -0.2) is 0 Å². The van der Waals surface area contributed by atoms with Crippen LogP contribution in [-0.2, 0) is 0 Å². The Morgan fingerprint density at radius 3 is 2.86 bits per heavy atom. The highest BCUT2D eigenvalue weighted by Gasteiger charge is 2.36. The van der Waals surface area contributed by atoms with Crippen molar-refractivity contribution in [2.24, 2.45) is 5.73 Å². The average molecular weight is 309 g/mol. The number of anilines is 2. The third-order valence-electron chi connectivity index (χ3n) is 4.56. The number of benzene rings is 1. The molecule has 21 heavy (non-hydrogen) atoms. The number of nitrogens with two attached hydrogens (primary N) is 2. The van der Waals surface area contributed by atoms with Gasteiger partial charge in [0.15, 0.2) is 0 Å². The van der Waals surface area contributed by atoms with Gasteiger partial charge in [0.2, 0.25) is 0 Å². The molecule has 2 aliphatic heterocycles. The highest BCUT2D eigenvalue weighted by molar-refractivity contribution is 6.34. The lowest BCUT2D eigenvalue weighted by Crippen LogP contribution is -2.42. The summed E-state index contributed by atoms with van der Waals surface area (Å²) in [6, 6.07) is 4.08. The van der Waals surface area contributed by atoms with Gasteiger partial charge >= 0.3 is 0 Å². The van der Waals surface area contributed by atoms with Gasteiger partial charge in [-0.15, -0.1) is 0 Å². The summed E-state index contributed by atoms with van der Waals surface area (Å²) in [6.45, 7) is 2.27. The van der Waals surface area contributed by atoms with Crippen molar-refractivity contribution in [3.8, 4) is 0 Å². The zero-order valence-corrected chi connectivity index (χ0v) is 12.7. The van der Waals surface area contributed by atoms with Gasteiger partial charge in [-0.05, 0) is 37.9 Å². The second-order valence-electron chi connectivity index (χ2n) is 5.93. The highest BCUT2D eigenvalue weighted by atomic mass is 35.5. The monoisotopic (exact) mass is 308 g/mol. The maximum Gasteiger partial charge on any atom is 0.250 e. The second-order valence-corrected chi connectivity index (χ2v) is 6.34. The lowest BCUT2D eigenvalue weighted by molar-refractivity contribution is 0.100. The summed E-state index contributed by atoms with van der Waals surface area (Å²) >= 11 is 6.27. The first-order valence-corrected chi connectivity index (χ1v) is 7.83. The second kappa shape index (κ2) is 5.73. The van der Waals surface area contributed by atoms with Gasteiger partial charge in [-0.2, -0.15) is 0 Å². The van der Waals surface area contributed by atoms with E-state index in [-0.39, 0.29) is 0 Å². The van der Waals surface area contributed by atoms with E-state index in [0.717, 1.165) is 13.0 Å². The highest BCUT2D eigenvalue weighted by Crippen LogP contribution is 2.34. The Balaban J connectivity index is 1.86. The SMILES string of the molecule is NC(=O)c1cc(N)cc(Cl)c1NC1CCN2CCCCC12. The van der Waals surface area contributed by atoms with E-state index in [0.29, 0.717) is 34.0 Å². The summed E-state index contributed by atoms with van der Waals surface area (Å²) < 4.78 is 0. The smallest absolute Gasteiger partial charge is 0.250 e. The maximum absolute atomic E-state index is 11.6. The molecule has 1 aromatic carbocycles. The zero-order chi connectivity index (χ0) is 15.0. The summed E-state index contributed by atoms with van der Waals surface area (Å²) in [6.07, 6.45) is 4.79. The van der Waals surface area contributed by atoms with Crippen LogP contribution in [0.3, 0.4) is 0 Å². The molecule has 2 saturated heterocycles. The predicted octanol–water partition coefficient (Wildman–Crippen LogP) is 2.06. The van der Waals surface area contributed by atoms with Gasteiger partial charge < -0.3 is 16.8 Å². The van der Waals surface area contributed by atoms with E-state index in [9.17, 15) is 4.79 Å². The molecule has 3 rings (SSSR count). The minimum Gasteiger partial charge on any atom is -0.399 e. The number of nitrogens with one attached hydrogen (secondary N) is 1. The fourth-order valence-electron chi connectivity index (χ4n) is 3.57. The number of hydrogen-bond donors (Lipinski definition) is 3. The normalized spacial score (nSPS) is 25.6. The van der Waals surface area contributed by atoms with E-state index in [1.54, 1.807) is 12.1 Å². The van der Waals surface area contributed by atoms with Crippen LogP contribution in [0.25, 0.3) is 0 Å². The molecule has 0 bridgehead atoms. The summed E-state index contributed by atoms with van der Waals surface area (Å²) in [4.78, 5) is 14.2. The molecule has 114 valence electrons. The molecule has 2 unspecified atom stereocenters. The number of carbonyl (C=O) groups excluding carboxylic acids is 1. The number of nitrogens with zero attached hydrogens (tertiary/aromatic N) is 1. The number of rotatable bonds is 3. The van der Waals surface area contributed by atoms with Crippen molar-refractivity contribution in [1.29, 1.82) is 0 Å². The number of halogens is 1. The fourth-order valence-corrected chi connectivity index (χ4v) is 3.85. The summed E-state index contributed by atoms with van der Waals surface area (Å²) in [5.41, 5.74) is 12.6. The van der Waals surface area contributed by atoms with Crippen LogP contribution >= 0.6 is 11.6 Å². The van der Waals surface area contributed by atoms with Crippen molar-refractivity contribution in [2.75, 3.05) is 24.1 Å². The van der Waals surface area contributed by atoms with Crippen molar-refractivity contribution < 1.29 is 4.79 Å². The predicted molar refractivity (Wildman–Crippen MR) is 85.6 cm³/mol. The van der Waals surface area contributed by atoms with Gasteiger partial charge in [0.25, 0.3) is 5.91 Å². The van der Waals surface area contributed by atoms with Crippen LogP contribution in [0.5, 0.6) is 0 Å². The molecule has 0 saturated carbocycles. The zero-order valence-electron chi connectivity index (χ0n) is 11.9. The molecule has 5 N–H and O–H groups in total. The molecule has 2 aliphatic rings. The lowest BCUT2D eigenvalue weighted by Gasteiger charge is -2.33. The Bertz CT molecular complexity index is 563. The van der Waals surface area contributed by atoms with Crippen LogP contribution in [0.1, 0.15) is 36.0 Å². The Morgan fingerprint density at radius 2 is 2.10 bits per heavy atom. The first-order valence-electron chi connectivity index (χ1n) is 7.45. The van der Waals surface area contributed by atoms with Crippen LogP contribution in [-0.4, -0.2) is 36.0 Å². The van der Waals surface area contributed by atoms with Crippen molar-refractivity contribution in [1.82, 2.24) is 4.90 Å². The average Bonchev–Trinajstić information content (AvgIpc) is 2.84. The number of nitrogen functional groups attached to an aromatic ring is 1.